The third-order valence-electron chi connectivity index (χ3n) is 6.61. The van der Waals surface area contributed by atoms with Crippen molar-refractivity contribution in [2.45, 2.75) is 46.5 Å². The fraction of sp³-hybridized carbons (Fsp3) is 0.714. The van der Waals surface area contributed by atoms with E-state index < -0.39 is 0 Å². The summed E-state index contributed by atoms with van der Waals surface area (Å²) < 4.78 is 0. The Labute approximate surface area is 167 Å². The smallest absolute Gasteiger partial charge is 0.239 e. The number of hydrogen-bond acceptors (Lipinski definition) is 5. The molecule has 5 nitrogen and oxygen atoms in total. The Morgan fingerprint density at radius 3 is 2.67 bits per heavy atom. The fourth-order valence-corrected chi connectivity index (χ4v) is 5.42. The maximum Gasteiger partial charge on any atom is 0.239 e. The van der Waals surface area contributed by atoms with E-state index in [9.17, 15) is 10.1 Å². The van der Waals surface area contributed by atoms with Crippen molar-refractivity contribution in [1.29, 1.82) is 5.26 Å². The molecule has 6 heteroatoms. The van der Waals surface area contributed by atoms with Gasteiger partial charge in [-0.2, -0.15) is 5.26 Å². The first-order valence-corrected chi connectivity index (χ1v) is 10.9. The molecular formula is C21H32N4OS. The van der Waals surface area contributed by atoms with Gasteiger partial charge in [-0.05, 0) is 43.2 Å². The van der Waals surface area contributed by atoms with Crippen LogP contribution in [0.2, 0.25) is 0 Å². The lowest BCUT2D eigenvalue weighted by Gasteiger charge is -2.36. The third kappa shape index (κ3) is 4.53. The zero-order chi connectivity index (χ0) is 19.6. The SMILES string of the molecule is CCC(C)(C)[C@H]1CCc2c(sc(NC(=O)CN3CCN(C)CC3)c2C#N)C1. The molecule has 0 bridgehead atoms. The highest BCUT2D eigenvalue weighted by Crippen LogP contribution is 2.45. The van der Waals surface area contributed by atoms with Crippen LogP contribution in [0.1, 0.15) is 49.6 Å². The summed E-state index contributed by atoms with van der Waals surface area (Å²) in [5, 5.41) is 13.5. The molecule has 1 aromatic heterocycles. The second-order valence-electron chi connectivity index (χ2n) is 8.73. The molecule has 0 aromatic carbocycles. The van der Waals surface area contributed by atoms with Gasteiger partial charge in [0.05, 0.1) is 12.1 Å². The van der Waals surface area contributed by atoms with Crippen molar-refractivity contribution in [3.63, 3.8) is 0 Å². The van der Waals surface area contributed by atoms with E-state index in [0.717, 1.165) is 56.9 Å². The van der Waals surface area contributed by atoms with E-state index in [2.05, 4.69) is 49.0 Å². The molecule has 1 aliphatic carbocycles. The molecule has 1 atom stereocenters. The predicted molar refractivity (Wildman–Crippen MR) is 111 cm³/mol. The minimum absolute atomic E-state index is 0.0000815. The first kappa shape index (κ1) is 20.3. The Kier molecular flexibility index (Phi) is 6.25. The second-order valence-corrected chi connectivity index (χ2v) is 9.83. The molecule has 0 radical (unpaired) electrons. The van der Waals surface area contributed by atoms with E-state index in [1.165, 1.54) is 10.4 Å². The molecule has 3 rings (SSSR count). The van der Waals surface area contributed by atoms with E-state index in [1.807, 2.05) is 0 Å². The van der Waals surface area contributed by atoms with Crippen molar-refractivity contribution in [1.82, 2.24) is 9.80 Å². The molecule has 1 aliphatic heterocycles. The molecule has 148 valence electrons. The molecular weight excluding hydrogens is 356 g/mol. The molecule has 0 unspecified atom stereocenters. The van der Waals surface area contributed by atoms with Crippen LogP contribution >= 0.6 is 11.3 Å². The summed E-state index contributed by atoms with van der Waals surface area (Å²) in [5.74, 6) is 0.647. The number of nitriles is 1. The van der Waals surface area contributed by atoms with Crippen LogP contribution in [-0.2, 0) is 17.6 Å². The van der Waals surface area contributed by atoms with Crippen LogP contribution in [0.5, 0.6) is 0 Å². The van der Waals surface area contributed by atoms with Gasteiger partial charge in [0.15, 0.2) is 0 Å². The number of likely N-dealkylation sites (N-methyl/N-ethyl adjacent to an activating group) is 1. The monoisotopic (exact) mass is 388 g/mol. The minimum Gasteiger partial charge on any atom is -0.315 e. The largest absolute Gasteiger partial charge is 0.315 e. The summed E-state index contributed by atoms with van der Waals surface area (Å²) in [6.07, 6.45) is 4.28. The lowest BCUT2D eigenvalue weighted by molar-refractivity contribution is -0.117. The van der Waals surface area contributed by atoms with Crippen LogP contribution in [-0.4, -0.2) is 55.5 Å². The Morgan fingerprint density at radius 2 is 2.04 bits per heavy atom. The number of anilines is 1. The van der Waals surface area contributed by atoms with Crippen molar-refractivity contribution < 1.29 is 4.79 Å². The summed E-state index contributed by atoms with van der Waals surface area (Å²) in [6.45, 7) is 11.2. The molecule has 1 N–H and O–H groups in total. The fourth-order valence-electron chi connectivity index (χ4n) is 4.12. The minimum atomic E-state index is 0.0000815. The number of hydrogen-bond donors (Lipinski definition) is 1. The maximum atomic E-state index is 12.5. The maximum absolute atomic E-state index is 12.5. The number of fused-ring (bicyclic) bond motifs is 1. The number of nitrogens with zero attached hydrogens (tertiary/aromatic N) is 3. The number of nitrogens with one attached hydrogen (secondary N) is 1. The first-order valence-electron chi connectivity index (χ1n) is 10.1. The highest BCUT2D eigenvalue weighted by atomic mass is 32.1. The van der Waals surface area contributed by atoms with Crippen LogP contribution in [0.25, 0.3) is 0 Å². The van der Waals surface area contributed by atoms with E-state index in [0.29, 0.717) is 23.4 Å². The molecule has 1 amide bonds. The van der Waals surface area contributed by atoms with Crippen molar-refractivity contribution in [2.24, 2.45) is 11.3 Å². The van der Waals surface area contributed by atoms with Crippen molar-refractivity contribution in [3.05, 3.63) is 16.0 Å². The van der Waals surface area contributed by atoms with Crippen LogP contribution in [0.3, 0.4) is 0 Å². The molecule has 1 fully saturated rings. The quantitative estimate of drug-likeness (QED) is 0.840. The van der Waals surface area contributed by atoms with Gasteiger partial charge in [0.2, 0.25) is 5.91 Å². The Balaban J connectivity index is 1.68. The molecule has 1 saturated heterocycles. The van der Waals surface area contributed by atoms with Crippen molar-refractivity contribution in [2.75, 3.05) is 45.1 Å². The summed E-state index contributed by atoms with van der Waals surface area (Å²) in [4.78, 5) is 18.3. The Hall–Kier alpha value is -1.42. The molecule has 2 heterocycles. The number of amides is 1. The Morgan fingerprint density at radius 1 is 1.33 bits per heavy atom. The summed E-state index contributed by atoms with van der Waals surface area (Å²) in [7, 11) is 2.11. The highest BCUT2D eigenvalue weighted by Gasteiger charge is 2.34. The van der Waals surface area contributed by atoms with E-state index in [-0.39, 0.29) is 5.91 Å². The Bertz CT molecular complexity index is 725. The van der Waals surface area contributed by atoms with Gasteiger partial charge in [-0.1, -0.05) is 27.2 Å². The van der Waals surface area contributed by atoms with E-state index >= 15 is 0 Å². The van der Waals surface area contributed by atoms with Crippen LogP contribution in [0.15, 0.2) is 0 Å². The van der Waals surface area contributed by atoms with Gasteiger partial charge in [-0.25, -0.2) is 0 Å². The number of carbonyl (C=O) groups is 1. The molecule has 0 spiro atoms. The number of thiophene rings is 1. The van der Waals surface area contributed by atoms with Gasteiger partial charge in [-0.3, -0.25) is 9.69 Å². The van der Waals surface area contributed by atoms with E-state index in [1.54, 1.807) is 11.3 Å². The van der Waals surface area contributed by atoms with Gasteiger partial charge < -0.3 is 10.2 Å². The first-order chi connectivity index (χ1) is 12.8. The van der Waals surface area contributed by atoms with Gasteiger partial charge in [-0.15, -0.1) is 11.3 Å². The predicted octanol–water partition coefficient (Wildman–Crippen LogP) is 3.35. The highest BCUT2D eigenvalue weighted by molar-refractivity contribution is 7.16. The van der Waals surface area contributed by atoms with E-state index in [4.69, 9.17) is 0 Å². The van der Waals surface area contributed by atoms with Gasteiger partial charge in [0.1, 0.15) is 11.1 Å². The van der Waals surface area contributed by atoms with Gasteiger partial charge in [0.25, 0.3) is 0 Å². The molecule has 27 heavy (non-hydrogen) atoms. The number of carbonyl (C=O) groups excluding carboxylic acids is 1. The average Bonchev–Trinajstić information content (AvgIpc) is 2.99. The molecule has 1 aromatic rings. The van der Waals surface area contributed by atoms with Crippen molar-refractivity contribution in [3.8, 4) is 6.07 Å². The molecule has 2 aliphatic rings. The zero-order valence-corrected chi connectivity index (χ0v) is 17.9. The normalized spacial score (nSPS) is 21.5. The van der Waals surface area contributed by atoms with Gasteiger partial charge in [0, 0.05) is 31.1 Å². The molecule has 0 saturated carbocycles. The van der Waals surface area contributed by atoms with Crippen LogP contribution < -0.4 is 5.32 Å². The lowest BCUT2D eigenvalue weighted by Crippen LogP contribution is -2.47. The third-order valence-corrected chi connectivity index (χ3v) is 7.78. The number of piperazine rings is 1. The zero-order valence-electron chi connectivity index (χ0n) is 17.1. The summed E-state index contributed by atoms with van der Waals surface area (Å²) >= 11 is 1.63. The summed E-state index contributed by atoms with van der Waals surface area (Å²) in [5.41, 5.74) is 2.20. The topological polar surface area (TPSA) is 59.4 Å². The van der Waals surface area contributed by atoms with Gasteiger partial charge >= 0.3 is 0 Å². The second kappa shape index (κ2) is 8.30. The summed E-state index contributed by atoms with van der Waals surface area (Å²) in [6, 6.07) is 2.36. The lowest BCUT2D eigenvalue weighted by atomic mass is 9.69. The standard InChI is InChI=1S/C21H32N4OS/c1-5-21(2,3)15-6-7-16-17(13-22)20(27-18(16)12-15)23-19(26)14-25-10-8-24(4)9-11-25/h15H,5-12,14H2,1-4H3,(H,23,26)/t15-/m0/s1. The number of rotatable bonds is 5. The van der Waals surface area contributed by atoms with Crippen LogP contribution in [0, 0.1) is 22.7 Å². The average molecular weight is 389 g/mol. The van der Waals surface area contributed by atoms with Crippen LogP contribution in [0.4, 0.5) is 5.00 Å². The van der Waals surface area contributed by atoms with Crippen molar-refractivity contribution >= 4 is 22.2 Å².